The molecule has 0 unspecified atom stereocenters. The van der Waals surface area contributed by atoms with Crippen LogP contribution in [0.4, 0.5) is 0 Å². The normalized spacial score (nSPS) is 9.53. The molecule has 0 aliphatic heterocycles. The molecule has 1 rings (SSSR count). The fourth-order valence-corrected chi connectivity index (χ4v) is 1.22. The van der Waals surface area contributed by atoms with Crippen molar-refractivity contribution in [3.8, 4) is 17.2 Å². The number of hydrogen-bond acceptors (Lipinski definition) is 4. The standard InChI is InChI=1S/C10H13NO4/c1-13-7-5-9(15-3)8(14-2)4-6(7)10(11)12/h4-5H,1-3H3,(H2,11,12). The van der Waals surface area contributed by atoms with E-state index in [0.717, 1.165) is 0 Å². The van der Waals surface area contributed by atoms with Crippen LogP contribution in [-0.2, 0) is 0 Å². The van der Waals surface area contributed by atoms with Crippen LogP contribution in [0, 0.1) is 0 Å². The summed E-state index contributed by atoms with van der Waals surface area (Å²) >= 11 is 0. The second-order valence-electron chi connectivity index (χ2n) is 2.77. The third kappa shape index (κ3) is 2.12. The average molecular weight is 211 g/mol. The van der Waals surface area contributed by atoms with E-state index in [1.807, 2.05) is 0 Å². The Labute approximate surface area is 87.7 Å². The van der Waals surface area contributed by atoms with Gasteiger partial charge in [-0.05, 0) is 0 Å². The molecule has 5 nitrogen and oxygen atoms in total. The van der Waals surface area contributed by atoms with Crippen molar-refractivity contribution in [2.24, 2.45) is 5.73 Å². The van der Waals surface area contributed by atoms with Crippen LogP contribution in [-0.4, -0.2) is 27.2 Å². The minimum absolute atomic E-state index is 0.259. The van der Waals surface area contributed by atoms with Gasteiger partial charge in [-0.25, -0.2) is 0 Å². The molecule has 0 heterocycles. The Morgan fingerprint density at radius 3 is 1.87 bits per heavy atom. The highest BCUT2D eigenvalue weighted by atomic mass is 16.5. The van der Waals surface area contributed by atoms with Gasteiger partial charge in [0.15, 0.2) is 11.5 Å². The molecule has 0 aliphatic rings. The summed E-state index contributed by atoms with van der Waals surface area (Å²) in [5.41, 5.74) is 5.45. The molecule has 15 heavy (non-hydrogen) atoms. The lowest BCUT2D eigenvalue weighted by molar-refractivity contribution is 0.0997. The van der Waals surface area contributed by atoms with Crippen molar-refractivity contribution in [1.29, 1.82) is 0 Å². The van der Waals surface area contributed by atoms with Gasteiger partial charge in [0.25, 0.3) is 5.91 Å². The summed E-state index contributed by atoms with van der Waals surface area (Å²) < 4.78 is 15.1. The third-order valence-corrected chi connectivity index (χ3v) is 1.97. The van der Waals surface area contributed by atoms with Gasteiger partial charge in [-0.3, -0.25) is 4.79 Å². The molecule has 0 fully saturated rings. The molecule has 82 valence electrons. The Kier molecular flexibility index (Phi) is 3.38. The number of carbonyl (C=O) groups is 1. The smallest absolute Gasteiger partial charge is 0.252 e. The second kappa shape index (κ2) is 4.54. The van der Waals surface area contributed by atoms with Crippen LogP contribution in [0.3, 0.4) is 0 Å². The first-order valence-electron chi connectivity index (χ1n) is 4.23. The second-order valence-corrected chi connectivity index (χ2v) is 2.77. The van der Waals surface area contributed by atoms with Gasteiger partial charge in [0.2, 0.25) is 0 Å². The molecule has 5 heteroatoms. The molecule has 1 aromatic carbocycles. The summed E-state index contributed by atoms with van der Waals surface area (Å²) in [7, 11) is 4.43. The predicted molar refractivity (Wildman–Crippen MR) is 54.6 cm³/mol. The lowest BCUT2D eigenvalue weighted by Gasteiger charge is -2.11. The summed E-state index contributed by atoms with van der Waals surface area (Å²) in [5.74, 6) is 0.708. The summed E-state index contributed by atoms with van der Waals surface area (Å²) in [6.45, 7) is 0. The SMILES string of the molecule is COc1cc(OC)c(C(N)=O)cc1OC. The number of nitrogens with two attached hydrogens (primary N) is 1. The molecule has 0 aliphatic carbocycles. The molecule has 1 aromatic rings. The Morgan fingerprint density at radius 1 is 1.00 bits per heavy atom. The summed E-state index contributed by atoms with van der Waals surface area (Å²) in [4.78, 5) is 11.1. The number of hydrogen-bond donors (Lipinski definition) is 1. The van der Waals surface area contributed by atoms with E-state index in [4.69, 9.17) is 19.9 Å². The summed E-state index contributed by atoms with van der Waals surface area (Å²) in [6.07, 6.45) is 0. The van der Waals surface area contributed by atoms with E-state index in [2.05, 4.69) is 0 Å². The minimum atomic E-state index is -0.576. The van der Waals surface area contributed by atoms with Gasteiger partial charge >= 0.3 is 0 Å². The molecule has 0 saturated carbocycles. The first-order valence-corrected chi connectivity index (χ1v) is 4.23. The Morgan fingerprint density at radius 2 is 1.47 bits per heavy atom. The van der Waals surface area contributed by atoms with Gasteiger partial charge in [-0.1, -0.05) is 0 Å². The maximum atomic E-state index is 11.1. The van der Waals surface area contributed by atoms with Crippen LogP contribution < -0.4 is 19.9 Å². The van der Waals surface area contributed by atoms with Crippen LogP contribution in [0.15, 0.2) is 12.1 Å². The highest BCUT2D eigenvalue weighted by Crippen LogP contribution is 2.34. The van der Waals surface area contributed by atoms with Gasteiger partial charge < -0.3 is 19.9 Å². The summed E-state index contributed by atoms with van der Waals surface area (Å²) in [5, 5.41) is 0. The van der Waals surface area contributed by atoms with E-state index in [1.54, 1.807) is 6.07 Å². The first-order chi connectivity index (χ1) is 7.13. The van der Waals surface area contributed by atoms with Crippen LogP contribution in [0.5, 0.6) is 17.2 Å². The number of ether oxygens (including phenoxy) is 3. The van der Waals surface area contributed by atoms with E-state index >= 15 is 0 Å². The molecular weight excluding hydrogens is 198 g/mol. The zero-order valence-corrected chi connectivity index (χ0v) is 8.87. The van der Waals surface area contributed by atoms with Gasteiger partial charge in [0.05, 0.1) is 26.9 Å². The lowest BCUT2D eigenvalue weighted by Crippen LogP contribution is -2.12. The number of carbonyl (C=O) groups excluding carboxylic acids is 1. The quantitative estimate of drug-likeness (QED) is 0.800. The topological polar surface area (TPSA) is 70.8 Å². The molecule has 0 aromatic heterocycles. The van der Waals surface area contributed by atoms with Crippen molar-refractivity contribution in [3.63, 3.8) is 0 Å². The van der Waals surface area contributed by atoms with E-state index < -0.39 is 5.91 Å². The number of benzene rings is 1. The first kappa shape index (κ1) is 11.2. The van der Waals surface area contributed by atoms with E-state index in [1.165, 1.54) is 27.4 Å². The molecule has 0 atom stereocenters. The van der Waals surface area contributed by atoms with Crippen molar-refractivity contribution in [2.45, 2.75) is 0 Å². The monoisotopic (exact) mass is 211 g/mol. The van der Waals surface area contributed by atoms with E-state index in [9.17, 15) is 4.79 Å². The molecule has 0 bridgehead atoms. The van der Waals surface area contributed by atoms with Crippen molar-refractivity contribution < 1.29 is 19.0 Å². The lowest BCUT2D eigenvalue weighted by atomic mass is 10.1. The largest absolute Gasteiger partial charge is 0.496 e. The Balaban J connectivity index is 3.34. The van der Waals surface area contributed by atoms with Crippen LogP contribution in [0.1, 0.15) is 10.4 Å². The number of amides is 1. The van der Waals surface area contributed by atoms with Crippen molar-refractivity contribution in [3.05, 3.63) is 17.7 Å². The van der Waals surface area contributed by atoms with Gasteiger partial charge in [0, 0.05) is 12.1 Å². The van der Waals surface area contributed by atoms with E-state index in [-0.39, 0.29) is 5.56 Å². The van der Waals surface area contributed by atoms with Gasteiger partial charge in [0.1, 0.15) is 5.75 Å². The number of primary amides is 1. The van der Waals surface area contributed by atoms with Gasteiger partial charge in [-0.2, -0.15) is 0 Å². The molecule has 2 N–H and O–H groups in total. The van der Waals surface area contributed by atoms with Crippen molar-refractivity contribution in [1.82, 2.24) is 0 Å². The fourth-order valence-electron chi connectivity index (χ4n) is 1.22. The average Bonchev–Trinajstić information content (AvgIpc) is 2.26. The van der Waals surface area contributed by atoms with Gasteiger partial charge in [-0.15, -0.1) is 0 Å². The number of rotatable bonds is 4. The molecule has 0 radical (unpaired) electrons. The van der Waals surface area contributed by atoms with Crippen LogP contribution in [0.25, 0.3) is 0 Å². The van der Waals surface area contributed by atoms with Crippen LogP contribution >= 0.6 is 0 Å². The maximum absolute atomic E-state index is 11.1. The summed E-state index contributed by atoms with van der Waals surface area (Å²) in [6, 6.07) is 3.04. The Bertz CT molecular complexity index is 376. The number of methoxy groups -OCH3 is 3. The van der Waals surface area contributed by atoms with E-state index in [0.29, 0.717) is 17.2 Å². The maximum Gasteiger partial charge on any atom is 0.252 e. The van der Waals surface area contributed by atoms with Crippen molar-refractivity contribution >= 4 is 5.91 Å². The predicted octanol–water partition coefficient (Wildman–Crippen LogP) is 0.811. The third-order valence-electron chi connectivity index (χ3n) is 1.97. The fraction of sp³-hybridized carbons (Fsp3) is 0.300. The zero-order valence-electron chi connectivity index (χ0n) is 8.87. The van der Waals surface area contributed by atoms with Crippen molar-refractivity contribution in [2.75, 3.05) is 21.3 Å². The highest BCUT2D eigenvalue weighted by molar-refractivity contribution is 5.96. The van der Waals surface area contributed by atoms with Crippen LogP contribution in [0.2, 0.25) is 0 Å². The molecule has 0 saturated heterocycles. The zero-order chi connectivity index (χ0) is 11.4. The molecule has 1 amide bonds. The minimum Gasteiger partial charge on any atom is -0.496 e. The molecule has 0 spiro atoms. The molecular formula is C10H13NO4. The Hall–Kier alpha value is -1.91. The highest BCUT2D eigenvalue weighted by Gasteiger charge is 2.14.